The SMILES string of the molecule is O=C(c1ccc2[nH]ncc2c1)N1CCC2(CC1)C(=O)N(c1ccccc1F)CN2c1ccccc1. The van der Waals surface area contributed by atoms with Crippen LogP contribution in [0.25, 0.3) is 10.9 Å². The number of amides is 2. The standard InChI is InChI=1S/C27H24FN5O2/c28-22-8-4-5-9-24(22)32-18-33(21-6-2-1-3-7-21)27(26(32)35)12-14-31(15-13-27)25(34)19-10-11-23-20(16-19)17-29-30-23/h1-11,16-17H,12-15,18H2,(H,29,30). The first kappa shape index (κ1) is 21.3. The fourth-order valence-corrected chi connectivity index (χ4v) is 5.32. The van der Waals surface area contributed by atoms with Crippen molar-refractivity contribution in [2.45, 2.75) is 18.4 Å². The Morgan fingerprint density at radius 3 is 2.49 bits per heavy atom. The maximum absolute atomic E-state index is 14.7. The zero-order valence-corrected chi connectivity index (χ0v) is 19.0. The van der Waals surface area contributed by atoms with Crippen LogP contribution in [0.1, 0.15) is 23.2 Å². The highest BCUT2D eigenvalue weighted by atomic mass is 19.1. The van der Waals surface area contributed by atoms with Crippen molar-refractivity contribution in [3.63, 3.8) is 0 Å². The van der Waals surface area contributed by atoms with Gasteiger partial charge in [-0.2, -0.15) is 5.10 Å². The van der Waals surface area contributed by atoms with Gasteiger partial charge in [0.15, 0.2) is 0 Å². The quantitative estimate of drug-likeness (QED) is 0.489. The Morgan fingerprint density at radius 1 is 0.971 bits per heavy atom. The van der Waals surface area contributed by atoms with Crippen LogP contribution in [0.3, 0.4) is 0 Å². The molecule has 2 aliphatic heterocycles. The molecule has 0 bridgehead atoms. The number of H-pyrrole nitrogens is 1. The molecule has 2 saturated heterocycles. The predicted octanol–water partition coefficient (Wildman–Crippen LogP) is 4.19. The fourth-order valence-electron chi connectivity index (χ4n) is 5.32. The Labute approximate surface area is 201 Å². The average molecular weight is 470 g/mol. The van der Waals surface area contributed by atoms with Crippen LogP contribution in [0, 0.1) is 5.82 Å². The molecule has 2 amide bonds. The zero-order chi connectivity index (χ0) is 24.0. The summed E-state index contributed by atoms with van der Waals surface area (Å²) in [4.78, 5) is 32.6. The van der Waals surface area contributed by atoms with Crippen molar-refractivity contribution in [1.82, 2.24) is 15.1 Å². The first-order valence-electron chi connectivity index (χ1n) is 11.7. The minimum atomic E-state index is -0.838. The summed E-state index contributed by atoms with van der Waals surface area (Å²) in [6, 6.07) is 21.6. The Hall–Kier alpha value is -4.20. The number of anilines is 2. The third-order valence-corrected chi connectivity index (χ3v) is 7.22. The molecule has 2 aliphatic rings. The third kappa shape index (κ3) is 3.44. The van der Waals surface area contributed by atoms with Crippen LogP contribution in [0.2, 0.25) is 0 Å². The largest absolute Gasteiger partial charge is 0.338 e. The predicted molar refractivity (Wildman–Crippen MR) is 132 cm³/mol. The molecular formula is C27H24FN5O2. The van der Waals surface area contributed by atoms with Crippen molar-refractivity contribution in [1.29, 1.82) is 0 Å². The molecule has 1 N–H and O–H groups in total. The van der Waals surface area contributed by atoms with E-state index in [4.69, 9.17) is 0 Å². The van der Waals surface area contributed by atoms with E-state index in [1.54, 1.807) is 35.4 Å². The highest BCUT2D eigenvalue weighted by molar-refractivity contribution is 6.06. The number of likely N-dealkylation sites (tertiary alicyclic amines) is 1. The maximum atomic E-state index is 14.7. The number of para-hydroxylation sites is 2. The molecule has 0 atom stereocenters. The van der Waals surface area contributed by atoms with Crippen molar-refractivity contribution < 1.29 is 14.0 Å². The second kappa shape index (κ2) is 8.23. The average Bonchev–Trinajstić information content (AvgIpc) is 3.48. The Kier molecular flexibility index (Phi) is 5.02. The lowest BCUT2D eigenvalue weighted by atomic mass is 9.85. The molecule has 1 spiro atoms. The second-order valence-corrected chi connectivity index (χ2v) is 9.09. The van der Waals surface area contributed by atoms with E-state index >= 15 is 0 Å². The minimum absolute atomic E-state index is 0.0642. The Bertz CT molecular complexity index is 1410. The molecule has 3 heterocycles. The van der Waals surface area contributed by atoms with Gasteiger partial charge in [0, 0.05) is 29.7 Å². The lowest BCUT2D eigenvalue weighted by molar-refractivity contribution is -0.122. The number of carbonyl (C=O) groups excluding carboxylic acids is 2. The van der Waals surface area contributed by atoms with Gasteiger partial charge in [-0.1, -0.05) is 30.3 Å². The van der Waals surface area contributed by atoms with Gasteiger partial charge in [0.1, 0.15) is 11.4 Å². The summed E-state index contributed by atoms with van der Waals surface area (Å²) in [7, 11) is 0. The van der Waals surface area contributed by atoms with E-state index in [2.05, 4.69) is 15.1 Å². The van der Waals surface area contributed by atoms with Crippen molar-refractivity contribution in [2.24, 2.45) is 0 Å². The number of halogens is 1. The molecule has 176 valence electrons. The van der Waals surface area contributed by atoms with Crippen LogP contribution in [-0.2, 0) is 4.79 Å². The van der Waals surface area contributed by atoms with Gasteiger partial charge in [0.2, 0.25) is 0 Å². The number of rotatable bonds is 3. The molecule has 0 aliphatic carbocycles. The maximum Gasteiger partial charge on any atom is 0.254 e. The molecule has 0 unspecified atom stereocenters. The monoisotopic (exact) mass is 469 g/mol. The number of nitrogens with one attached hydrogen (secondary N) is 1. The van der Waals surface area contributed by atoms with E-state index in [1.165, 1.54) is 11.0 Å². The van der Waals surface area contributed by atoms with Crippen molar-refractivity contribution in [2.75, 3.05) is 29.6 Å². The summed E-state index contributed by atoms with van der Waals surface area (Å²) in [5.41, 5.74) is 1.82. The number of aromatic nitrogens is 2. The molecule has 7 nitrogen and oxygen atoms in total. The van der Waals surface area contributed by atoms with E-state index < -0.39 is 11.4 Å². The van der Waals surface area contributed by atoms with Crippen LogP contribution in [0.15, 0.2) is 79.0 Å². The van der Waals surface area contributed by atoms with Crippen LogP contribution in [0.5, 0.6) is 0 Å². The van der Waals surface area contributed by atoms with E-state index in [0.717, 1.165) is 16.6 Å². The van der Waals surface area contributed by atoms with Gasteiger partial charge in [-0.15, -0.1) is 0 Å². The fraction of sp³-hybridized carbons (Fsp3) is 0.222. The van der Waals surface area contributed by atoms with Crippen molar-refractivity contribution >= 4 is 34.1 Å². The number of hydrogen-bond donors (Lipinski definition) is 1. The van der Waals surface area contributed by atoms with Gasteiger partial charge in [-0.25, -0.2) is 4.39 Å². The van der Waals surface area contributed by atoms with Gasteiger partial charge in [-0.3, -0.25) is 19.6 Å². The van der Waals surface area contributed by atoms with Crippen LogP contribution >= 0.6 is 0 Å². The number of hydrogen-bond acceptors (Lipinski definition) is 4. The Morgan fingerprint density at radius 2 is 1.71 bits per heavy atom. The van der Waals surface area contributed by atoms with Gasteiger partial charge in [0.05, 0.1) is 24.1 Å². The molecular weight excluding hydrogens is 445 g/mol. The highest BCUT2D eigenvalue weighted by Gasteiger charge is 2.54. The molecule has 0 saturated carbocycles. The molecule has 8 heteroatoms. The number of fused-ring (bicyclic) bond motifs is 1. The van der Waals surface area contributed by atoms with Crippen LogP contribution in [0.4, 0.5) is 15.8 Å². The Balaban J connectivity index is 1.30. The molecule has 6 rings (SSSR count). The summed E-state index contributed by atoms with van der Waals surface area (Å²) in [6.07, 6.45) is 2.63. The van der Waals surface area contributed by atoms with Crippen molar-refractivity contribution in [3.05, 3.63) is 90.4 Å². The summed E-state index contributed by atoms with van der Waals surface area (Å²) in [5, 5.41) is 7.80. The van der Waals surface area contributed by atoms with Gasteiger partial charge in [0.25, 0.3) is 11.8 Å². The zero-order valence-electron chi connectivity index (χ0n) is 19.0. The lowest BCUT2D eigenvalue weighted by Crippen LogP contribution is -2.57. The minimum Gasteiger partial charge on any atom is -0.338 e. The summed E-state index contributed by atoms with van der Waals surface area (Å²) in [6.45, 7) is 1.12. The number of benzene rings is 3. The summed E-state index contributed by atoms with van der Waals surface area (Å²) in [5.74, 6) is -0.614. The van der Waals surface area contributed by atoms with Crippen LogP contribution in [-0.4, -0.2) is 52.2 Å². The normalized spacial score (nSPS) is 17.5. The highest BCUT2D eigenvalue weighted by Crippen LogP contribution is 2.41. The smallest absolute Gasteiger partial charge is 0.254 e. The molecule has 4 aromatic rings. The molecule has 2 fully saturated rings. The summed E-state index contributed by atoms with van der Waals surface area (Å²) < 4.78 is 14.7. The molecule has 1 aromatic heterocycles. The molecule has 35 heavy (non-hydrogen) atoms. The van der Waals surface area contributed by atoms with E-state index in [0.29, 0.717) is 31.5 Å². The lowest BCUT2D eigenvalue weighted by Gasteiger charge is -2.43. The second-order valence-electron chi connectivity index (χ2n) is 9.09. The summed E-state index contributed by atoms with van der Waals surface area (Å²) >= 11 is 0. The first-order chi connectivity index (χ1) is 17.1. The van der Waals surface area contributed by atoms with Gasteiger partial charge in [-0.05, 0) is 55.3 Å². The van der Waals surface area contributed by atoms with Crippen LogP contribution < -0.4 is 9.80 Å². The number of aromatic amines is 1. The number of piperidine rings is 1. The van der Waals surface area contributed by atoms with Gasteiger partial charge >= 0.3 is 0 Å². The van der Waals surface area contributed by atoms with E-state index in [-0.39, 0.29) is 24.2 Å². The third-order valence-electron chi connectivity index (χ3n) is 7.22. The first-order valence-corrected chi connectivity index (χ1v) is 11.7. The number of nitrogens with zero attached hydrogens (tertiary/aromatic N) is 4. The molecule has 0 radical (unpaired) electrons. The van der Waals surface area contributed by atoms with E-state index in [9.17, 15) is 14.0 Å². The topological polar surface area (TPSA) is 72.5 Å². The van der Waals surface area contributed by atoms with Crippen molar-refractivity contribution in [3.8, 4) is 0 Å². The number of carbonyl (C=O) groups is 2. The van der Waals surface area contributed by atoms with Gasteiger partial charge < -0.3 is 9.80 Å². The molecule has 3 aromatic carbocycles. The van der Waals surface area contributed by atoms with E-state index in [1.807, 2.05) is 42.5 Å².